The minimum atomic E-state index is 0.0630. The fourth-order valence-electron chi connectivity index (χ4n) is 4.15. The van der Waals surface area contributed by atoms with Gasteiger partial charge in [-0.3, -0.25) is 9.48 Å². The molecule has 2 saturated heterocycles. The van der Waals surface area contributed by atoms with Crippen LogP contribution >= 0.6 is 0 Å². The largest absolute Gasteiger partial charge is 0.356 e. The normalized spacial score (nSPS) is 23.9. The zero-order chi connectivity index (χ0) is 17.2. The molecule has 4 heterocycles. The number of carbonyl (C=O) groups is 1. The summed E-state index contributed by atoms with van der Waals surface area (Å²) in [6.07, 6.45) is 9.88. The number of likely N-dealkylation sites (tertiary alicyclic amines) is 1. The lowest BCUT2D eigenvalue weighted by molar-refractivity contribution is -0.136. The van der Waals surface area contributed by atoms with Crippen LogP contribution in [-0.2, 0) is 11.8 Å². The van der Waals surface area contributed by atoms with E-state index in [1.807, 2.05) is 48.5 Å². The fourth-order valence-corrected chi connectivity index (χ4v) is 4.15. The summed E-state index contributed by atoms with van der Waals surface area (Å²) in [6, 6.07) is 6.15. The minimum absolute atomic E-state index is 0.0630. The summed E-state index contributed by atoms with van der Waals surface area (Å²) in [5, 5.41) is 4.28. The monoisotopic (exact) mass is 339 g/mol. The number of hydrogen-bond donors (Lipinski definition) is 0. The first-order valence-electron chi connectivity index (χ1n) is 9.17. The predicted molar refractivity (Wildman–Crippen MR) is 96.1 cm³/mol. The Labute approximate surface area is 148 Å². The summed E-state index contributed by atoms with van der Waals surface area (Å²) in [5.74, 6) is 1.34. The lowest BCUT2D eigenvalue weighted by Crippen LogP contribution is -2.45. The molecule has 1 amide bonds. The summed E-state index contributed by atoms with van der Waals surface area (Å²) in [5.41, 5.74) is 1.16. The first-order valence-corrected chi connectivity index (χ1v) is 9.17. The number of piperidine rings is 1. The van der Waals surface area contributed by atoms with Gasteiger partial charge in [-0.2, -0.15) is 5.10 Å². The first kappa shape index (κ1) is 16.1. The van der Waals surface area contributed by atoms with Crippen LogP contribution < -0.4 is 4.90 Å². The van der Waals surface area contributed by atoms with Gasteiger partial charge in [0, 0.05) is 44.6 Å². The van der Waals surface area contributed by atoms with Crippen LogP contribution in [0.15, 0.2) is 36.8 Å². The molecule has 0 spiro atoms. The van der Waals surface area contributed by atoms with E-state index in [1.54, 1.807) is 0 Å². The number of aromatic nitrogens is 3. The van der Waals surface area contributed by atoms with Crippen molar-refractivity contribution in [2.75, 3.05) is 24.5 Å². The van der Waals surface area contributed by atoms with Crippen molar-refractivity contribution in [1.82, 2.24) is 19.7 Å². The zero-order valence-electron chi connectivity index (χ0n) is 14.7. The second-order valence-corrected chi connectivity index (χ2v) is 7.11. The molecule has 2 atom stereocenters. The van der Waals surface area contributed by atoms with Gasteiger partial charge in [0.05, 0.1) is 18.2 Å². The van der Waals surface area contributed by atoms with Crippen LogP contribution in [0.25, 0.3) is 0 Å². The average Bonchev–Trinajstić information content (AvgIpc) is 3.30. The van der Waals surface area contributed by atoms with Gasteiger partial charge in [-0.15, -0.1) is 0 Å². The Hall–Kier alpha value is -2.37. The Balaban J connectivity index is 1.48. The molecule has 2 aromatic rings. The van der Waals surface area contributed by atoms with E-state index in [1.165, 1.54) is 0 Å². The van der Waals surface area contributed by atoms with Crippen molar-refractivity contribution in [2.45, 2.75) is 31.7 Å². The van der Waals surface area contributed by atoms with Crippen LogP contribution in [0.3, 0.4) is 0 Å². The lowest BCUT2D eigenvalue weighted by atomic mass is 9.95. The van der Waals surface area contributed by atoms with E-state index >= 15 is 0 Å². The molecule has 0 aliphatic carbocycles. The maximum Gasteiger partial charge on any atom is 0.227 e. The molecule has 132 valence electrons. The topological polar surface area (TPSA) is 54.3 Å². The van der Waals surface area contributed by atoms with E-state index < -0.39 is 0 Å². The van der Waals surface area contributed by atoms with Gasteiger partial charge in [-0.05, 0) is 37.8 Å². The van der Waals surface area contributed by atoms with E-state index in [9.17, 15) is 4.79 Å². The molecule has 6 nitrogen and oxygen atoms in total. The van der Waals surface area contributed by atoms with Gasteiger partial charge in [-0.1, -0.05) is 6.07 Å². The molecule has 2 aromatic heterocycles. The summed E-state index contributed by atoms with van der Waals surface area (Å²) in [7, 11) is 1.93. The number of nitrogens with zero attached hydrogens (tertiary/aromatic N) is 5. The third-order valence-corrected chi connectivity index (χ3v) is 5.39. The summed E-state index contributed by atoms with van der Waals surface area (Å²) < 4.78 is 1.82. The highest BCUT2D eigenvalue weighted by Gasteiger charge is 2.36. The van der Waals surface area contributed by atoms with Gasteiger partial charge in [0.1, 0.15) is 5.82 Å². The van der Waals surface area contributed by atoms with Crippen molar-refractivity contribution in [2.24, 2.45) is 13.0 Å². The summed E-state index contributed by atoms with van der Waals surface area (Å²) in [6.45, 7) is 2.61. The number of carbonyl (C=O) groups excluding carboxylic acids is 1. The molecule has 0 aromatic carbocycles. The maximum absolute atomic E-state index is 13.2. The quantitative estimate of drug-likeness (QED) is 0.862. The molecular weight excluding hydrogens is 314 g/mol. The molecule has 4 rings (SSSR count). The highest BCUT2D eigenvalue weighted by atomic mass is 16.2. The Kier molecular flexibility index (Phi) is 4.42. The molecule has 0 bridgehead atoms. The summed E-state index contributed by atoms with van der Waals surface area (Å²) in [4.78, 5) is 22.0. The van der Waals surface area contributed by atoms with Crippen molar-refractivity contribution in [3.8, 4) is 0 Å². The molecule has 2 fully saturated rings. The van der Waals surface area contributed by atoms with E-state index in [2.05, 4.69) is 19.9 Å². The smallest absolute Gasteiger partial charge is 0.227 e. The Morgan fingerprint density at radius 3 is 2.84 bits per heavy atom. The molecule has 2 aliphatic heterocycles. The molecule has 25 heavy (non-hydrogen) atoms. The number of anilines is 1. The van der Waals surface area contributed by atoms with Crippen molar-refractivity contribution in [1.29, 1.82) is 0 Å². The first-order chi connectivity index (χ1) is 12.2. The van der Waals surface area contributed by atoms with Crippen LogP contribution in [0.2, 0.25) is 0 Å². The third kappa shape index (κ3) is 3.25. The number of aryl methyl sites for hydroxylation is 1. The van der Waals surface area contributed by atoms with Crippen LogP contribution in [0.5, 0.6) is 0 Å². The highest BCUT2D eigenvalue weighted by molar-refractivity contribution is 5.80. The summed E-state index contributed by atoms with van der Waals surface area (Å²) >= 11 is 0. The van der Waals surface area contributed by atoms with Gasteiger partial charge in [0.25, 0.3) is 0 Å². The van der Waals surface area contributed by atoms with E-state index in [0.717, 1.165) is 56.7 Å². The molecule has 0 N–H and O–H groups in total. The average molecular weight is 339 g/mol. The number of hydrogen-bond acceptors (Lipinski definition) is 4. The number of rotatable bonds is 3. The van der Waals surface area contributed by atoms with E-state index in [-0.39, 0.29) is 12.0 Å². The zero-order valence-corrected chi connectivity index (χ0v) is 14.7. The Bertz CT molecular complexity index is 728. The van der Waals surface area contributed by atoms with Crippen LogP contribution in [0.1, 0.15) is 37.3 Å². The van der Waals surface area contributed by atoms with Crippen molar-refractivity contribution in [3.05, 3.63) is 42.4 Å². The SMILES string of the molecule is Cn1cc([C@@H]2CCCN2C(=O)[C@@H]2CCCN(c3ccccn3)C2)cn1. The van der Waals surface area contributed by atoms with Gasteiger partial charge >= 0.3 is 0 Å². The number of pyridine rings is 1. The van der Waals surface area contributed by atoms with E-state index in [0.29, 0.717) is 5.91 Å². The van der Waals surface area contributed by atoms with Crippen LogP contribution in [0.4, 0.5) is 5.82 Å². The van der Waals surface area contributed by atoms with Gasteiger partial charge < -0.3 is 9.80 Å². The van der Waals surface area contributed by atoms with Crippen LogP contribution in [0, 0.1) is 5.92 Å². The lowest BCUT2D eigenvalue weighted by Gasteiger charge is -2.36. The molecule has 0 unspecified atom stereocenters. The molecule has 0 radical (unpaired) electrons. The fraction of sp³-hybridized carbons (Fsp3) is 0.526. The highest BCUT2D eigenvalue weighted by Crippen LogP contribution is 2.34. The molecule has 6 heteroatoms. The van der Waals surface area contributed by atoms with Crippen molar-refractivity contribution >= 4 is 11.7 Å². The third-order valence-electron chi connectivity index (χ3n) is 5.39. The Morgan fingerprint density at radius 1 is 1.20 bits per heavy atom. The van der Waals surface area contributed by atoms with Gasteiger partial charge in [-0.25, -0.2) is 4.98 Å². The molecular formula is C19H25N5O. The molecule has 2 aliphatic rings. The maximum atomic E-state index is 13.2. The van der Waals surface area contributed by atoms with E-state index in [4.69, 9.17) is 0 Å². The predicted octanol–water partition coefficient (Wildman–Crippen LogP) is 2.40. The van der Waals surface area contributed by atoms with Crippen LogP contribution in [-0.4, -0.2) is 45.2 Å². The van der Waals surface area contributed by atoms with Crippen molar-refractivity contribution < 1.29 is 4.79 Å². The minimum Gasteiger partial charge on any atom is -0.356 e. The second kappa shape index (κ2) is 6.86. The number of amides is 1. The van der Waals surface area contributed by atoms with Gasteiger partial charge in [0.2, 0.25) is 5.91 Å². The van der Waals surface area contributed by atoms with Gasteiger partial charge in [0.15, 0.2) is 0 Å². The Morgan fingerprint density at radius 2 is 2.08 bits per heavy atom. The molecule has 0 saturated carbocycles. The standard InChI is InChI=1S/C19H25N5O/c1-22-13-16(12-21-22)17-7-5-11-24(17)19(25)15-6-4-10-23(14-15)18-8-2-3-9-20-18/h2-3,8-9,12-13,15,17H,4-7,10-11,14H2,1H3/t15-,17+/m1/s1. The second-order valence-electron chi connectivity index (χ2n) is 7.11. The van der Waals surface area contributed by atoms with Crippen molar-refractivity contribution in [3.63, 3.8) is 0 Å².